The molecule has 0 saturated heterocycles. The van der Waals surface area contributed by atoms with Crippen molar-refractivity contribution in [1.82, 2.24) is 4.90 Å². The molecule has 3 rings (SSSR count). The van der Waals surface area contributed by atoms with Gasteiger partial charge in [0.2, 0.25) is 0 Å². The molecular weight excluding hydrogens is 306 g/mol. The van der Waals surface area contributed by atoms with Gasteiger partial charge in [0.05, 0.1) is 0 Å². The lowest BCUT2D eigenvalue weighted by molar-refractivity contribution is 0.0629. The van der Waals surface area contributed by atoms with Crippen LogP contribution in [-0.4, -0.2) is 23.3 Å². The minimum atomic E-state index is -0.236. The molecule has 0 aromatic heterocycles. The summed E-state index contributed by atoms with van der Waals surface area (Å²) < 4.78 is 0. The number of hydrogen-bond acceptors (Lipinski definition) is 2. The van der Waals surface area contributed by atoms with Gasteiger partial charge in [0.1, 0.15) is 0 Å². The Labute approximate surface area is 118 Å². The van der Waals surface area contributed by atoms with E-state index in [4.69, 9.17) is 0 Å². The van der Waals surface area contributed by atoms with Crippen LogP contribution in [0.15, 0.2) is 47.5 Å². The third kappa shape index (κ3) is 1.79. The maximum Gasteiger partial charge on any atom is 0.261 e. The summed E-state index contributed by atoms with van der Waals surface area (Å²) in [6.07, 6.45) is 1.73. The van der Waals surface area contributed by atoms with Crippen LogP contribution in [0, 0.1) is 0 Å². The number of carbonyl (C=O) groups is 2. The fraction of sp³-hybridized carbons (Fsp3) is 0.0667. The first-order valence-electron chi connectivity index (χ1n) is 5.87. The first-order chi connectivity index (χ1) is 9.24. The molecular formula is C15H10BrNO2. The Morgan fingerprint density at radius 1 is 1.00 bits per heavy atom. The summed E-state index contributed by atoms with van der Waals surface area (Å²) >= 11 is 3.15. The second-order valence-corrected chi connectivity index (χ2v) is 4.82. The van der Waals surface area contributed by atoms with E-state index in [0.717, 1.165) is 10.8 Å². The van der Waals surface area contributed by atoms with E-state index in [9.17, 15) is 9.59 Å². The van der Waals surface area contributed by atoms with E-state index >= 15 is 0 Å². The number of benzene rings is 2. The van der Waals surface area contributed by atoms with Gasteiger partial charge in [-0.15, -0.1) is 0 Å². The molecule has 94 valence electrons. The van der Waals surface area contributed by atoms with Crippen molar-refractivity contribution in [3.63, 3.8) is 0 Å². The number of imide groups is 1. The highest BCUT2D eigenvalue weighted by molar-refractivity contribution is 9.11. The Morgan fingerprint density at radius 3 is 2.11 bits per heavy atom. The van der Waals surface area contributed by atoms with Crippen molar-refractivity contribution in [3.05, 3.63) is 58.6 Å². The Morgan fingerprint density at radius 2 is 1.58 bits per heavy atom. The van der Waals surface area contributed by atoms with Crippen LogP contribution in [0.3, 0.4) is 0 Å². The molecule has 1 aliphatic heterocycles. The normalized spacial score (nSPS) is 14.7. The van der Waals surface area contributed by atoms with Crippen LogP contribution in [0.2, 0.25) is 0 Å². The smallest absolute Gasteiger partial charge is 0.261 e. The van der Waals surface area contributed by atoms with E-state index in [2.05, 4.69) is 15.9 Å². The molecule has 0 atom stereocenters. The van der Waals surface area contributed by atoms with Crippen molar-refractivity contribution >= 4 is 38.5 Å². The molecule has 0 fully saturated rings. The Kier molecular flexibility index (Phi) is 2.95. The fourth-order valence-electron chi connectivity index (χ4n) is 2.39. The second-order valence-electron chi connectivity index (χ2n) is 4.29. The molecule has 0 unspecified atom stereocenters. The lowest BCUT2D eigenvalue weighted by atomic mass is 9.94. The summed E-state index contributed by atoms with van der Waals surface area (Å²) in [4.78, 5) is 27.7. The molecule has 0 radical (unpaired) electrons. The number of hydrogen-bond donors (Lipinski definition) is 0. The SMILES string of the molecule is O=C1c2cccc3cccc(c23)C(=O)N1CC=CBr. The second kappa shape index (κ2) is 4.63. The van der Waals surface area contributed by atoms with Crippen LogP contribution < -0.4 is 0 Å². The Balaban J connectivity index is 2.25. The van der Waals surface area contributed by atoms with Gasteiger partial charge in [-0.25, -0.2) is 0 Å². The van der Waals surface area contributed by atoms with Crippen molar-refractivity contribution < 1.29 is 9.59 Å². The van der Waals surface area contributed by atoms with E-state index in [0.29, 0.717) is 11.1 Å². The Hall–Kier alpha value is -1.94. The zero-order valence-electron chi connectivity index (χ0n) is 9.97. The molecule has 1 aliphatic rings. The van der Waals surface area contributed by atoms with Crippen LogP contribution in [0.4, 0.5) is 0 Å². The summed E-state index contributed by atoms with van der Waals surface area (Å²) in [5, 5.41) is 1.69. The van der Waals surface area contributed by atoms with Crippen LogP contribution >= 0.6 is 15.9 Å². The quantitative estimate of drug-likeness (QED) is 0.797. The predicted octanol–water partition coefficient (Wildman–Crippen LogP) is 3.34. The number of carbonyl (C=O) groups excluding carboxylic acids is 2. The van der Waals surface area contributed by atoms with Gasteiger partial charge in [0.15, 0.2) is 0 Å². The average molecular weight is 316 g/mol. The van der Waals surface area contributed by atoms with Gasteiger partial charge in [-0.05, 0) is 22.5 Å². The highest BCUT2D eigenvalue weighted by Gasteiger charge is 2.31. The van der Waals surface area contributed by atoms with Crippen LogP contribution in [0.25, 0.3) is 10.8 Å². The first kappa shape index (κ1) is 12.1. The molecule has 19 heavy (non-hydrogen) atoms. The van der Waals surface area contributed by atoms with Gasteiger partial charge in [0, 0.05) is 23.1 Å². The molecule has 2 aromatic rings. The molecule has 4 heteroatoms. The van der Waals surface area contributed by atoms with Gasteiger partial charge in [0.25, 0.3) is 11.8 Å². The van der Waals surface area contributed by atoms with Gasteiger partial charge in [-0.2, -0.15) is 0 Å². The van der Waals surface area contributed by atoms with E-state index in [-0.39, 0.29) is 18.4 Å². The molecule has 0 saturated carbocycles. The highest BCUT2D eigenvalue weighted by atomic mass is 79.9. The summed E-state index contributed by atoms with van der Waals surface area (Å²) in [7, 11) is 0. The average Bonchev–Trinajstić information content (AvgIpc) is 2.44. The standard InChI is InChI=1S/C15H10BrNO2/c16-8-3-9-17-14(18)11-6-1-4-10-5-2-7-12(13(10)11)15(17)19/h1-8H,9H2. The summed E-state index contributed by atoms with van der Waals surface area (Å²) in [6.45, 7) is 0.271. The van der Waals surface area contributed by atoms with E-state index in [1.807, 2.05) is 24.3 Å². The lowest BCUT2D eigenvalue weighted by Crippen LogP contribution is -2.40. The van der Waals surface area contributed by atoms with Gasteiger partial charge < -0.3 is 0 Å². The van der Waals surface area contributed by atoms with Gasteiger partial charge in [-0.3, -0.25) is 14.5 Å². The first-order valence-corrected chi connectivity index (χ1v) is 6.79. The number of halogens is 1. The molecule has 2 amide bonds. The van der Waals surface area contributed by atoms with Crippen molar-refractivity contribution in [3.8, 4) is 0 Å². The molecule has 0 spiro atoms. The zero-order valence-corrected chi connectivity index (χ0v) is 11.6. The zero-order chi connectivity index (χ0) is 13.4. The minimum Gasteiger partial charge on any atom is -0.270 e. The maximum absolute atomic E-state index is 12.4. The summed E-state index contributed by atoms with van der Waals surface area (Å²) in [5.41, 5.74) is 1.19. The van der Waals surface area contributed by atoms with Crippen molar-refractivity contribution in [1.29, 1.82) is 0 Å². The van der Waals surface area contributed by atoms with Crippen LogP contribution in [0.1, 0.15) is 20.7 Å². The highest BCUT2D eigenvalue weighted by Crippen LogP contribution is 2.29. The molecule has 0 aliphatic carbocycles. The van der Waals surface area contributed by atoms with Crippen molar-refractivity contribution in [2.45, 2.75) is 0 Å². The molecule has 0 N–H and O–H groups in total. The van der Waals surface area contributed by atoms with Crippen molar-refractivity contribution in [2.75, 3.05) is 6.54 Å². The molecule has 2 aromatic carbocycles. The predicted molar refractivity (Wildman–Crippen MR) is 77.4 cm³/mol. The molecule has 0 bridgehead atoms. The lowest BCUT2D eigenvalue weighted by Gasteiger charge is -2.26. The molecule has 3 nitrogen and oxygen atoms in total. The summed E-state index contributed by atoms with van der Waals surface area (Å²) in [5.74, 6) is -0.472. The van der Waals surface area contributed by atoms with Gasteiger partial charge >= 0.3 is 0 Å². The fourth-order valence-corrected chi connectivity index (χ4v) is 2.56. The number of amides is 2. The van der Waals surface area contributed by atoms with Crippen molar-refractivity contribution in [2.24, 2.45) is 0 Å². The van der Waals surface area contributed by atoms with E-state index < -0.39 is 0 Å². The monoisotopic (exact) mass is 315 g/mol. The topological polar surface area (TPSA) is 37.4 Å². The number of nitrogens with zero attached hydrogens (tertiary/aromatic N) is 1. The Bertz CT molecular complexity index is 670. The van der Waals surface area contributed by atoms with Crippen LogP contribution in [-0.2, 0) is 0 Å². The third-order valence-corrected chi connectivity index (χ3v) is 3.61. The maximum atomic E-state index is 12.4. The van der Waals surface area contributed by atoms with Gasteiger partial charge in [-0.1, -0.05) is 46.3 Å². The van der Waals surface area contributed by atoms with Crippen LogP contribution in [0.5, 0.6) is 0 Å². The number of rotatable bonds is 2. The third-order valence-electron chi connectivity index (χ3n) is 3.23. The largest absolute Gasteiger partial charge is 0.270 e. The minimum absolute atomic E-state index is 0.236. The molecule has 1 heterocycles. The van der Waals surface area contributed by atoms with E-state index in [1.54, 1.807) is 23.2 Å². The van der Waals surface area contributed by atoms with E-state index in [1.165, 1.54) is 4.90 Å². The summed E-state index contributed by atoms with van der Waals surface area (Å²) in [6, 6.07) is 11.0.